The molecular weight excluding hydrogens is 450 g/mol. The molecule has 0 saturated carbocycles. The zero-order valence-corrected chi connectivity index (χ0v) is 19.3. The molecule has 0 bridgehead atoms. The number of rotatable bonds is 7. The Labute approximate surface area is 190 Å². The summed E-state index contributed by atoms with van der Waals surface area (Å²) in [6.45, 7) is 2.05. The molecule has 2 heterocycles. The first kappa shape index (κ1) is 22.0. The van der Waals surface area contributed by atoms with Crippen molar-refractivity contribution in [1.29, 1.82) is 0 Å². The molecular formula is C22H23N3O3S3. The Bertz CT molecular complexity index is 1110. The van der Waals surface area contributed by atoms with E-state index in [4.69, 9.17) is 0 Å². The average molecular weight is 474 g/mol. The van der Waals surface area contributed by atoms with Gasteiger partial charge in [-0.05, 0) is 35.7 Å². The van der Waals surface area contributed by atoms with E-state index in [-0.39, 0.29) is 12.5 Å². The molecule has 2 aromatic carbocycles. The lowest BCUT2D eigenvalue weighted by Crippen LogP contribution is -2.50. The van der Waals surface area contributed by atoms with Crippen LogP contribution in [0, 0.1) is 0 Å². The minimum Gasteiger partial charge on any atom is -0.324 e. The highest BCUT2D eigenvalue weighted by atomic mass is 32.2. The van der Waals surface area contributed by atoms with Gasteiger partial charge in [0.2, 0.25) is 5.91 Å². The minimum atomic E-state index is -3.43. The van der Waals surface area contributed by atoms with Crippen LogP contribution in [-0.2, 0) is 14.8 Å². The molecule has 4 rings (SSSR count). The maximum Gasteiger partial charge on any atom is 0.252 e. The third-order valence-electron chi connectivity index (χ3n) is 4.92. The van der Waals surface area contributed by atoms with Gasteiger partial charge in [0.25, 0.3) is 10.0 Å². The van der Waals surface area contributed by atoms with Crippen LogP contribution in [0.25, 0.3) is 0 Å². The van der Waals surface area contributed by atoms with Gasteiger partial charge in [0.1, 0.15) is 4.21 Å². The van der Waals surface area contributed by atoms with Gasteiger partial charge in [-0.15, -0.1) is 11.3 Å². The van der Waals surface area contributed by atoms with Gasteiger partial charge in [0, 0.05) is 36.0 Å². The SMILES string of the molecule is O=C(CN1CCN(S(=O)(=O)c2cccs2)CC1)Nc1ccccc1Sc1ccccc1. The maximum atomic E-state index is 12.7. The summed E-state index contributed by atoms with van der Waals surface area (Å²) in [4.78, 5) is 16.7. The Morgan fingerprint density at radius 2 is 1.65 bits per heavy atom. The molecule has 1 N–H and O–H groups in total. The van der Waals surface area contributed by atoms with Crippen molar-refractivity contribution >= 4 is 44.7 Å². The molecule has 0 unspecified atom stereocenters. The van der Waals surface area contributed by atoms with Gasteiger partial charge in [-0.2, -0.15) is 4.31 Å². The summed E-state index contributed by atoms with van der Waals surface area (Å²) in [6.07, 6.45) is 0. The molecule has 0 atom stereocenters. The molecule has 1 fully saturated rings. The number of amides is 1. The third-order valence-corrected chi connectivity index (χ3v) is 9.28. The van der Waals surface area contributed by atoms with Gasteiger partial charge in [0.05, 0.1) is 12.2 Å². The number of piperazine rings is 1. The Morgan fingerprint density at radius 1 is 0.935 bits per heavy atom. The largest absolute Gasteiger partial charge is 0.324 e. The average Bonchev–Trinajstić information content (AvgIpc) is 3.32. The van der Waals surface area contributed by atoms with Crippen molar-refractivity contribution < 1.29 is 13.2 Å². The van der Waals surface area contributed by atoms with Gasteiger partial charge in [-0.3, -0.25) is 9.69 Å². The fraction of sp³-hybridized carbons (Fsp3) is 0.227. The quantitative estimate of drug-likeness (QED) is 0.565. The number of benzene rings is 2. The fourth-order valence-corrected chi connectivity index (χ4v) is 6.82. The highest BCUT2D eigenvalue weighted by Gasteiger charge is 2.29. The molecule has 0 radical (unpaired) electrons. The van der Waals surface area contributed by atoms with Gasteiger partial charge in [0.15, 0.2) is 0 Å². The normalized spacial score (nSPS) is 15.6. The van der Waals surface area contributed by atoms with Crippen LogP contribution in [0.2, 0.25) is 0 Å². The van der Waals surface area contributed by atoms with E-state index in [9.17, 15) is 13.2 Å². The third kappa shape index (κ3) is 5.55. The van der Waals surface area contributed by atoms with Crippen LogP contribution < -0.4 is 5.32 Å². The zero-order valence-electron chi connectivity index (χ0n) is 16.8. The molecule has 0 aliphatic carbocycles. The molecule has 31 heavy (non-hydrogen) atoms. The summed E-state index contributed by atoms with van der Waals surface area (Å²) in [5, 5.41) is 4.78. The number of sulfonamides is 1. The van der Waals surface area contributed by atoms with Crippen LogP contribution in [0.3, 0.4) is 0 Å². The first-order valence-electron chi connectivity index (χ1n) is 9.90. The van der Waals surface area contributed by atoms with Crippen LogP contribution in [0.4, 0.5) is 5.69 Å². The number of carbonyl (C=O) groups is 1. The number of carbonyl (C=O) groups excluding carboxylic acids is 1. The molecule has 1 aliphatic rings. The van der Waals surface area contributed by atoms with Crippen molar-refractivity contribution in [2.45, 2.75) is 14.0 Å². The summed E-state index contributed by atoms with van der Waals surface area (Å²) in [5.74, 6) is -0.101. The highest BCUT2D eigenvalue weighted by molar-refractivity contribution is 7.99. The number of nitrogens with zero attached hydrogens (tertiary/aromatic N) is 2. The Morgan fingerprint density at radius 3 is 2.35 bits per heavy atom. The van der Waals surface area contributed by atoms with E-state index >= 15 is 0 Å². The second-order valence-corrected chi connectivity index (χ2v) is 11.3. The second kappa shape index (κ2) is 9.97. The summed E-state index contributed by atoms with van der Waals surface area (Å²) >= 11 is 2.83. The van der Waals surface area contributed by atoms with Crippen molar-refractivity contribution in [2.75, 3.05) is 38.0 Å². The van der Waals surface area contributed by atoms with E-state index in [1.807, 2.05) is 59.5 Å². The van der Waals surface area contributed by atoms with Crippen LogP contribution >= 0.6 is 23.1 Å². The topological polar surface area (TPSA) is 69.7 Å². The Balaban J connectivity index is 1.32. The maximum absolute atomic E-state index is 12.7. The van der Waals surface area contributed by atoms with Crippen LogP contribution in [0.15, 0.2) is 86.1 Å². The predicted octanol–water partition coefficient (Wildman–Crippen LogP) is 3.84. The Kier molecular flexibility index (Phi) is 7.09. The van der Waals surface area contributed by atoms with Crippen molar-refractivity contribution in [3.8, 4) is 0 Å². The summed E-state index contributed by atoms with van der Waals surface area (Å²) in [5.41, 5.74) is 0.778. The number of hydrogen-bond acceptors (Lipinski definition) is 6. The van der Waals surface area contributed by atoms with E-state index in [2.05, 4.69) is 5.32 Å². The molecule has 1 saturated heterocycles. The number of nitrogens with one attached hydrogen (secondary N) is 1. The van der Waals surface area contributed by atoms with Gasteiger partial charge >= 0.3 is 0 Å². The number of para-hydroxylation sites is 1. The monoisotopic (exact) mass is 473 g/mol. The summed E-state index contributed by atoms with van der Waals surface area (Å²) < 4.78 is 27.2. The standard InChI is InChI=1S/C22H23N3O3S3/c26-21(23-19-9-4-5-10-20(19)30-18-7-2-1-3-8-18)17-24-12-14-25(15-13-24)31(27,28)22-11-6-16-29-22/h1-11,16H,12-15,17H2,(H,23,26). The van der Waals surface area contributed by atoms with Gasteiger partial charge < -0.3 is 5.32 Å². The molecule has 0 spiro atoms. The van der Waals surface area contributed by atoms with E-state index in [0.717, 1.165) is 15.5 Å². The van der Waals surface area contributed by atoms with Gasteiger partial charge in [-0.1, -0.05) is 48.2 Å². The summed E-state index contributed by atoms with van der Waals surface area (Å²) in [7, 11) is -3.43. The molecule has 6 nitrogen and oxygen atoms in total. The lowest BCUT2D eigenvalue weighted by Gasteiger charge is -2.33. The lowest BCUT2D eigenvalue weighted by atomic mass is 10.3. The van der Waals surface area contributed by atoms with Crippen LogP contribution in [-0.4, -0.2) is 56.3 Å². The molecule has 162 valence electrons. The van der Waals surface area contributed by atoms with Crippen molar-refractivity contribution in [1.82, 2.24) is 9.21 Å². The van der Waals surface area contributed by atoms with E-state index in [1.54, 1.807) is 29.3 Å². The smallest absolute Gasteiger partial charge is 0.252 e. The second-order valence-electron chi connectivity index (χ2n) is 7.07. The van der Waals surface area contributed by atoms with Gasteiger partial charge in [-0.25, -0.2) is 8.42 Å². The van der Waals surface area contributed by atoms with E-state index in [1.165, 1.54) is 15.6 Å². The molecule has 1 aliphatic heterocycles. The van der Waals surface area contributed by atoms with E-state index in [0.29, 0.717) is 30.4 Å². The lowest BCUT2D eigenvalue weighted by molar-refractivity contribution is -0.117. The summed E-state index contributed by atoms with van der Waals surface area (Å²) in [6, 6.07) is 21.1. The number of anilines is 1. The van der Waals surface area contributed by atoms with Crippen molar-refractivity contribution in [2.24, 2.45) is 0 Å². The Hall–Kier alpha value is -2.17. The molecule has 3 aromatic rings. The van der Waals surface area contributed by atoms with Crippen molar-refractivity contribution in [3.63, 3.8) is 0 Å². The first-order chi connectivity index (χ1) is 15.0. The molecule has 1 amide bonds. The minimum absolute atomic E-state index is 0.101. The predicted molar refractivity (Wildman–Crippen MR) is 125 cm³/mol. The highest BCUT2D eigenvalue weighted by Crippen LogP contribution is 2.33. The number of thiophene rings is 1. The van der Waals surface area contributed by atoms with Crippen LogP contribution in [0.1, 0.15) is 0 Å². The zero-order chi connectivity index (χ0) is 21.7. The molecule has 1 aromatic heterocycles. The van der Waals surface area contributed by atoms with Crippen molar-refractivity contribution in [3.05, 3.63) is 72.1 Å². The first-order valence-corrected chi connectivity index (χ1v) is 13.0. The van der Waals surface area contributed by atoms with Crippen LogP contribution in [0.5, 0.6) is 0 Å². The fourth-order valence-electron chi connectivity index (χ4n) is 3.33. The van der Waals surface area contributed by atoms with E-state index < -0.39 is 10.0 Å². The molecule has 9 heteroatoms. The number of hydrogen-bond donors (Lipinski definition) is 1.